The summed E-state index contributed by atoms with van der Waals surface area (Å²) in [6.45, 7) is 0.709. The van der Waals surface area contributed by atoms with Gasteiger partial charge in [0, 0.05) is 11.9 Å². The minimum absolute atomic E-state index is 0.654. The van der Waals surface area contributed by atoms with Crippen molar-refractivity contribution in [2.24, 2.45) is 0 Å². The lowest BCUT2D eigenvalue weighted by atomic mass is 10.2. The maximum absolute atomic E-state index is 5.91. The number of rotatable bonds is 4. The van der Waals surface area contributed by atoms with Crippen LogP contribution in [-0.4, -0.2) is 11.5 Å². The second kappa shape index (κ2) is 5.38. The lowest BCUT2D eigenvalue weighted by Crippen LogP contribution is -2.00. The van der Waals surface area contributed by atoms with Crippen LogP contribution in [0, 0.1) is 0 Å². The first kappa shape index (κ1) is 12.7. The number of aromatic nitrogens is 1. The van der Waals surface area contributed by atoms with Crippen LogP contribution in [0.3, 0.4) is 0 Å². The van der Waals surface area contributed by atoms with Crippen molar-refractivity contribution in [1.29, 1.82) is 0 Å². The van der Waals surface area contributed by atoms with Gasteiger partial charge in [-0.15, -0.1) is 0 Å². The van der Waals surface area contributed by atoms with E-state index in [2.05, 4.69) is 15.8 Å². The summed E-state index contributed by atoms with van der Waals surface area (Å²) in [6.07, 6.45) is 0. The number of ether oxygens (including phenoxy) is 1. The van der Waals surface area contributed by atoms with Crippen molar-refractivity contribution in [1.82, 2.24) is 4.37 Å². The van der Waals surface area contributed by atoms with E-state index in [9.17, 15) is 0 Å². The third-order valence-electron chi connectivity index (χ3n) is 3.13. The molecule has 20 heavy (non-hydrogen) atoms. The van der Waals surface area contributed by atoms with Crippen LogP contribution in [0.15, 0.2) is 42.5 Å². The van der Waals surface area contributed by atoms with Gasteiger partial charge in [-0.3, -0.25) is 0 Å². The summed E-state index contributed by atoms with van der Waals surface area (Å²) in [4.78, 5) is 0. The van der Waals surface area contributed by atoms with Crippen molar-refractivity contribution < 1.29 is 4.74 Å². The van der Waals surface area contributed by atoms with Gasteiger partial charge in [0.15, 0.2) is 0 Å². The first-order valence-corrected chi connectivity index (χ1v) is 7.06. The first-order chi connectivity index (χ1) is 9.78. The molecular formula is C15H15N3OS. The largest absolute Gasteiger partial charge is 0.495 e. The minimum atomic E-state index is 0.654. The molecule has 4 nitrogen and oxygen atoms in total. The molecule has 0 fully saturated rings. The van der Waals surface area contributed by atoms with E-state index in [1.54, 1.807) is 7.11 Å². The Bertz CT molecular complexity index is 739. The Morgan fingerprint density at radius 3 is 2.90 bits per heavy atom. The van der Waals surface area contributed by atoms with Crippen LogP contribution in [0.5, 0.6) is 5.75 Å². The molecule has 0 bridgehead atoms. The molecule has 0 aliphatic carbocycles. The Balaban J connectivity index is 1.78. The molecule has 0 unspecified atom stereocenters. The molecule has 1 aromatic heterocycles. The summed E-state index contributed by atoms with van der Waals surface area (Å²) in [5.41, 5.74) is 8.70. The molecule has 3 rings (SSSR count). The third-order valence-corrected chi connectivity index (χ3v) is 3.97. The average molecular weight is 285 g/mol. The van der Waals surface area contributed by atoms with Gasteiger partial charge in [0.05, 0.1) is 18.3 Å². The summed E-state index contributed by atoms with van der Waals surface area (Å²) < 4.78 is 9.56. The van der Waals surface area contributed by atoms with Gasteiger partial charge >= 0.3 is 0 Å². The summed E-state index contributed by atoms with van der Waals surface area (Å²) in [7, 11) is 1.62. The van der Waals surface area contributed by atoms with Gasteiger partial charge in [0.1, 0.15) is 10.8 Å². The van der Waals surface area contributed by atoms with Gasteiger partial charge in [-0.2, -0.15) is 4.37 Å². The van der Waals surface area contributed by atoms with Crippen LogP contribution in [0.1, 0.15) is 5.56 Å². The molecular weight excluding hydrogens is 270 g/mol. The Morgan fingerprint density at radius 1 is 1.25 bits per heavy atom. The first-order valence-electron chi connectivity index (χ1n) is 6.28. The smallest absolute Gasteiger partial charge is 0.141 e. The predicted molar refractivity (Wildman–Crippen MR) is 84.4 cm³/mol. The van der Waals surface area contributed by atoms with Gasteiger partial charge in [0.2, 0.25) is 0 Å². The number of hydrogen-bond donors (Lipinski definition) is 2. The standard InChI is InChI=1S/C15H15N3OS/c1-19-14-7-6-10(8-12(14)16)9-17-15-11-4-2-3-5-13(11)18-20-15/h2-8,17H,9,16H2,1H3. The SMILES string of the molecule is COc1ccc(CNc2snc3ccccc23)cc1N. The molecule has 2 aromatic carbocycles. The van der Waals surface area contributed by atoms with Crippen LogP contribution in [0.2, 0.25) is 0 Å². The molecule has 0 atom stereocenters. The molecule has 102 valence electrons. The molecule has 5 heteroatoms. The molecule has 3 aromatic rings. The van der Waals surface area contributed by atoms with E-state index in [1.807, 2.05) is 36.4 Å². The second-order valence-electron chi connectivity index (χ2n) is 4.46. The Labute approximate surface area is 121 Å². The lowest BCUT2D eigenvalue weighted by Gasteiger charge is -2.08. The van der Waals surface area contributed by atoms with Crippen molar-refractivity contribution in [3.05, 3.63) is 48.0 Å². The number of nitrogens with zero attached hydrogens (tertiary/aromatic N) is 1. The number of methoxy groups -OCH3 is 1. The van der Waals surface area contributed by atoms with Crippen LogP contribution >= 0.6 is 11.5 Å². The molecule has 3 N–H and O–H groups in total. The summed E-state index contributed by atoms with van der Waals surface area (Å²) >= 11 is 1.48. The molecule has 1 heterocycles. The zero-order chi connectivity index (χ0) is 13.9. The summed E-state index contributed by atoms with van der Waals surface area (Å²) in [5.74, 6) is 0.706. The molecule has 0 amide bonds. The van der Waals surface area contributed by atoms with Gasteiger partial charge in [-0.1, -0.05) is 18.2 Å². The van der Waals surface area contributed by atoms with Gasteiger partial charge in [-0.05, 0) is 41.4 Å². The second-order valence-corrected chi connectivity index (χ2v) is 5.23. The van der Waals surface area contributed by atoms with E-state index >= 15 is 0 Å². The number of benzene rings is 2. The monoisotopic (exact) mass is 285 g/mol. The highest BCUT2D eigenvalue weighted by Gasteiger charge is 2.05. The predicted octanol–water partition coefficient (Wildman–Crippen LogP) is 3.50. The van der Waals surface area contributed by atoms with E-state index in [0.29, 0.717) is 18.0 Å². The average Bonchev–Trinajstić information content (AvgIpc) is 2.88. The molecule has 0 spiro atoms. The highest BCUT2D eigenvalue weighted by Crippen LogP contribution is 2.28. The van der Waals surface area contributed by atoms with Gasteiger partial charge in [0.25, 0.3) is 0 Å². The van der Waals surface area contributed by atoms with E-state index in [1.165, 1.54) is 11.5 Å². The number of fused-ring (bicyclic) bond motifs is 1. The zero-order valence-electron chi connectivity index (χ0n) is 11.1. The quantitative estimate of drug-likeness (QED) is 0.720. The topological polar surface area (TPSA) is 60.2 Å². The van der Waals surface area contributed by atoms with E-state index in [0.717, 1.165) is 21.5 Å². The molecule has 0 radical (unpaired) electrons. The van der Waals surface area contributed by atoms with Crippen molar-refractivity contribution in [3.63, 3.8) is 0 Å². The van der Waals surface area contributed by atoms with Crippen molar-refractivity contribution in [2.75, 3.05) is 18.2 Å². The van der Waals surface area contributed by atoms with E-state index in [4.69, 9.17) is 10.5 Å². The van der Waals surface area contributed by atoms with Crippen LogP contribution in [0.4, 0.5) is 10.7 Å². The van der Waals surface area contributed by atoms with Crippen LogP contribution in [0.25, 0.3) is 10.9 Å². The Morgan fingerprint density at radius 2 is 2.10 bits per heavy atom. The lowest BCUT2D eigenvalue weighted by molar-refractivity contribution is 0.417. The maximum atomic E-state index is 5.91. The number of nitrogens with one attached hydrogen (secondary N) is 1. The number of anilines is 2. The van der Waals surface area contributed by atoms with Gasteiger partial charge in [-0.25, -0.2) is 0 Å². The maximum Gasteiger partial charge on any atom is 0.141 e. The fourth-order valence-corrected chi connectivity index (χ4v) is 2.85. The minimum Gasteiger partial charge on any atom is -0.495 e. The Hall–Kier alpha value is -2.27. The number of nitrogen functional groups attached to an aromatic ring is 1. The fraction of sp³-hybridized carbons (Fsp3) is 0.133. The van der Waals surface area contributed by atoms with E-state index < -0.39 is 0 Å². The van der Waals surface area contributed by atoms with E-state index in [-0.39, 0.29) is 0 Å². The van der Waals surface area contributed by atoms with Crippen molar-refractivity contribution in [3.8, 4) is 5.75 Å². The third kappa shape index (κ3) is 2.40. The zero-order valence-corrected chi connectivity index (χ0v) is 11.9. The summed E-state index contributed by atoms with van der Waals surface area (Å²) in [6, 6.07) is 13.9. The molecule has 0 aliphatic heterocycles. The Kier molecular flexibility index (Phi) is 3.43. The molecule has 0 aliphatic rings. The number of hydrogen-bond acceptors (Lipinski definition) is 5. The van der Waals surface area contributed by atoms with Crippen molar-refractivity contribution in [2.45, 2.75) is 6.54 Å². The van der Waals surface area contributed by atoms with Crippen molar-refractivity contribution >= 4 is 33.1 Å². The highest BCUT2D eigenvalue weighted by atomic mass is 32.1. The normalized spacial score (nSPS) is 10.7. The molecule has 0 saturated heterocycles. The highest BCUT2D eigenvalue weighted by molar-refractivity contribution is 7.11. The fourth-order valence-electron chi connectivity index (χ4n) is 2.09. The molecule has 0 saturated carbocycles. The van der Waals surface area contributed by atoms with Crippen LogP contribution in [-0.2, 0) is 6.54 Å². The summed E-state index contributed by atoms with van der Waals surface area (Å²) in [5, 5.41) is 5.64. The van der Waals surface area contributed by atoms with Crippen LogP contribution < -0.4 is 15.8 Å². The van der Waals surface area contributed by atoms with Gasteiger partial charge < -0.3 is 15.8 Å². The number of nitrogens with two attached hydrogens (primary N) is 1.